The number of carboxylic acids is 1. The molecule has 3 rings (SSSR count). The molecule has 0 atom stereocenters. The molecule has 3 heteroatoms. The Labute approximate surface area is 119 Å². The average molecular weight is 271 g/mol. The summed E-state index contributed by atoms with van der Waals surface area (Å²) in [5, 5.41) is 11.0. The minimum atomic E-state index is -0.707. The maximum Gasteiger partial charge on any atom is 0.314 e. The molecule has 106 valence electrons. The highest BCUT2D eigenvalue weighted by atomic mass is 16.4. The normalized spacial score (nSPS) is 18.3. The first-order valence-electron chi connectivity index (χ1n) is 7.38. The van der Waals surface area contributed by atoms with Gasteiger partial charge in [-0.05, 0) is 37.8 Å². The van der Waals surface area contributed by atoms with Gasteiger partial charge in [0.2, 0.25) is 0 Å². The molecule has 0 radical (unpaired) electrons. The van der Waals surface area contributed by atoms with Gasteiger partial charge in [0.1, 0.15) is 0 Å². The maximum atomic E-state index is 12.0. The first-order valence-corrected chi connectivity index (χ1v) is 7.38. The molecule has 0 saturated heterocycles. The lowest BCUT2D eigenvalue weighted by molar-refractivity contribution is -0.145. The molecule has 1 aliphatic carbocycles. The van der Waals surface area contributed by atoms with Crippen LogP contribution in [0.15, 0.2) is 18.2 Å². The van der Waals surface area contributed by atoms with Gasteiger partial charge in [-0.3, -0.25) is 4.79 Å². The predicted octanol–water partition coefficient (Wildman–Crippen LogP) is 4.07. The molecule has 1 heterocycles. The Hall–Kier alpha value is -1.77. The van der Waals surface area contributed by atoms with Crippen molar-refractivity contribution in [1.29, 1.82) is 0 Å². The molecule has 2 aromatic rings. The monoisotopic (exact) mass is 271 g/mol. The van der Waals surface area contributed by atoms with E-state index >= 15 is 0 Å². The molecule has 0 unspecified atom stereocenters. The highest BCUT2D eigenvalue weighted by Crippen LogP contribution is 2.42. The van der Waals surface area contributed by atoms with E-state index in [4.69, 9.17) is 0 Å². The van der Waals surface area contributed by atoms with E-state index < -0.39 is 11.4 Å². The van der Waals surface area contributed by atoms with Crippen LogP contribution in [0.2, 0.25) is 0 Å². The van der Waals surface area contributed by atoms with Gasteiger partial charge in [-0.25, -0.2) is 0 Å². The zero-order valence-corrected chi connectivity index (χ0v) is 12.1. The van der Waals surface area contributed by atoms with Crippen LogP contribution in [0.3, 0.4) is 0 Å². The van der Waals surface area contributed by atoms with Crippen molar-refractivity contribution in [3.05, 3.63) is 35.0 Å². The smallest absolute Gasteiger partial charge is 0.314 e. The number of nitrogens with one attached hydrogen (secondary N) is 1. The summed E-state index contributed by atoms with van der Waals surface area (Å²) in [4.78, 5) is 15.4. The molecule has 1 fully saturated rings. The van der Waals surface area contributed by atoms with Crippen molar-refractivity contribution in [1.82, 2.24) is 4.98 Å². The summed E-state index contributed by atoms with van der Waals surface area (Å²) >= 11 is 0. The van der Waals surface area contributed by atoms with Crippen LogP contribution in [0.4, 0.5) is 0 Å². The predicted molar refractivity (Wildman–Crippen MR) is 80.2 cm³/mol. The van der Waals surface area contributed by atoms with E-state index in [1.54, 1.807) is 0 Å². The zero-order valence-electron chi connectivity index (χ0n) is 12.1. The minimum absolute atomic E-state index is 0.672. The SMILES string of the molecule is Cc1[nH]c2c(C3(C(=O)O)CCCCC3)cccc2c1C. The molecular formula is C17H21NO2. The molecule has 1 aliphatic rings. The van der Waals surface area contributed by atoms with Gasteiger partial charge >= 0.3 is 5.97 Å². The third-order valence-corrected chi connectivity index (χ3v) is 4.98. The average Bonchev–Trinajstić information content (AvgIpc) is 2.75. The van der Waals surface area contributed by atoms with E-state index in [9.17, 15) is 9.90 Å². The molecule has 1 aromatic heterocycles. The standard InChI is InChI=1S/C17H21NO2/c1-11-12(2)18-15-13(11)7-6-8-14(15)17(16(19)20)9-4-3-5-10-17/h6-8,18H,3-5,9-10H2,1-2H3,(H,19,20). The van der Waals surface area contributed by atoms with Gasteiger partial charge in [-0.1, -0.05) is 37.5 Å². The van der Waals surface area contributed by atoms with E-state index in [0.717, 1.165) is 54.3 Å². The fraction of sp³-hybridized carbons (Fsp3) is 0.471. The number of para-hydroxylation sites is 1. The number of aliphatic carboxylic acids is 1. The largest absolute Gasteiger partial charge is 0.481 e. The number of benzene rings is 1. The van der Waals surface area contributed by atoms with Crippen molar-refractivity contribution in [3.8, 4) is 0 Å². The highest BCUT2D eigenvalue weighted by molar-refractivity contribution is 5.93. The second-order valence-corrected chi connectivity index (χ2v) is 6.05. The molecule has 20 heavy (non-hydrogen) atoms. The maximum absolute atomic E-state index is 12.0. The van der Waals surface area contributed by atoms with Crippen molar-refractivity contribution < 1.29 is 9.90 Å². The quantitative estimate of drug-likeness (QED) is 0.865. The zero-order chi connectivity index (χ0) is 14.3. The topological polar surface area (TPSA) is 53.1 Å². The molecule has 1 aromatic carbocycles. The van der Waals surface area contributed by atoms with Crippen LogP contribution < -0.4 is 0 Å². The number of H-pyrrole nitrogens is 1. The van der Waals surface area contributed by atoms with Crippen molar-refractivity contribution in [2.75, 3.05) is 0 Å². The third kappa shape index (κ3) is 1.76. The third-order valence-electron chi connectivity index (χ3n) is 4.98. The molecule has 1 saturated carbocycles. The Bertz CT molecular complexity index is 663. The number of carboxylic acid groups (broad SMARTS) is 1. The van der Waals surface area contributed by atoms with Crippen LogP contribution in [0.1, 0.15) is 48.9 Å². The molecule has 0 aliphatic heterocycles. The lowest BCUT2D eigenvalue weighted by atomic mass is 9.69. The molecule has 0 spiro atoms. The number of rotatable bonds is 2. The van der Waals surface area contributed by atoms with Crippen LogP contribution in [0.25, 0.3) is 10.9 Å². The summed E-state index contributed by atoms with van der Waals surface area (Å²) < 4.78 is 0. The Morgan fingerprint density at radius 3 is 2.55 bits per heavy atom. The van der Waals surface area contributed by atoms with E-state index in [1.165, 1.54) is 5.56 Å². The Morgan fingerprint density at radius 1 is 1.20 bits per heavy atom. The van der Waals surface area contributed by atoms with E-state index in [-0.39, 0.29) is 0 Å². The fourth-order valence-electron chi connectivity index (χ4n) is 3.64. The molecule has 2 N–H and O–H groups in total. The molecular weight excluding hydrogens is 250 g/mol. The molecule has 0 amide bonds. The van der Waals surface area contributed by atoms with Crippen LogP contribution in [0, 0.1) is 13.8 Å². The van der Waals surface area contributed by atoms with Gasteiger partial charge in [-0.2, -0.15) is 0 Å². The van der Waals surface area contributed by atoms with Gasteiger partial charge in [-0.15, -0.1) is 0 Å². The first-order chi connectivity index (χ1) is 9.56. The lowest BCUT2D eigenvalue weighted by Crippen LogP contribution is -2.38. The molecule has 0 bridgehead atoms. The number of hydrogen-bond acceptors (Lipinski definition) is 1. The number of fused-ring (bicyclic) bond motifs is 1. The van der Waals surface area contributed by atoms with Gasteiger partial charge in [0.05, 0.1) is 10.9 Å². The number of carbonyl (C=O) groups is 1. The summed E-state index contributed by atoms with van der Waals surface area (Å²) in [6.45, 7) is 4.14. The van der Waals surface area contributed by atoms with Crippen LogP contribution in [-0.2, 0) is 10.2 Å². The highest BCUT2D eigenvalue weighted by Gasteiger charge is 2.42. The Morgan fingerprint density at radius 2 is 1.90 bits per heavy atom. The number of hydrogen-bond donors (Lipinski definition) is 2. The van der Waals surface area contributed by atoms with Crippen molar-refractivity contribution in [2.24, 2.45) is 0 Å². The van der Waals surface area contributed by atoms with Crippen LogP contribution >= 0.6 is 0 Å². The lowest BCUT2D eigenvalue weighted by Gasteiger charge is -2.34. The molecule has 3 nitrogen and oxygen atoms in total. The minimum Gasteiger partial charge on any atom is -0.481 e. The van der Waals surface area contributed by atoms with E-state index in [0.29, 0.717) is 0 Å². The first kappa shape index (κ1) is 13.2. The summed E-state index contributed by atoms with van der Waals surface area (Å²) in [7, 11) is 0. The summed E-state index contributed by atoms with van der Waals surface area (Å²) in [6, 6.07) is 6.07. The van der Waals surface area contributed by atoms with Crippen molar-refractivity contribution >= 4 is 16.9 Å². The Kier molecular flexibility index (Phi) is 3.08. The van der Waals surface area contributed by atoms with Gasteiger partial charge in [0, 0.05) is 11.1 Å². The summed E-state index contributed by atoms with van der Waals surface area (Å²) in [5.41, 5.74) is 3.63. The summed E-state index contributed by atoms with van der Waals surface area (Å²) in [5.74, 6) is -0.672. The summed E-state index contributed by atoms with van der Waals surface area (Å²) in [6.07, 6.45) is 4.65. The van der Waals surface area contributed by atoms with Gasteiger partial charge < -0.3 is 10.1 Å². The Balaban J connectivity index is 2.26. The van der Waals surface area contributed by atoms with Gasteiger partial charge in [0.15, 0.2) is 0 Å². The number of aryl methyl sites for hydroxylation is 2. The van der Waals surface area contributed by atoms with Gasteiger partial charge in [0.25, 0.3) is 0 Å². The van der Waals surface area contributed by atoms with Crippen LogP contribution in [0.5, 0.6) is 0 Å². The van der Waals surface area contributed by atoms with Crippen molar-refractivity contribution in [2.45, 2.75) is 51.4 Å². The van der Waals surface area contributed by atoms with E-state index in [1.807, 2.05) is 19.1 Å². The second kappa shape index (κ2) is 4.65. The van der Waals surface area contributed by atoms with E-state index in [2.05, 4.69) is 18.0 Å². The fourth-order valence-corrected chi connectivity index (χ4v) is 3.64. The van der Waals surface area contributed by atoms with Crippen molar-refractivity contribution in [3.63, 3.8) is 0 Å². The number of aromatic nitrogens is 1. The van der Waals surface area contributed by atoms with Crippen LogP contribution in [-0.4, -0.2) is 16.1 Å². The second-order valence-electron chi connectivity index (χ2n) is 6.05. The number of aromatic amines is 1.